The molecule has 1 aromatic rings. The highest BCUT2D eigenvalue weighted by Crippen LogP contribution is 2.21. The van der Waals surface area contributed by atoms with Crippen LogP contribution in [-0.4, -0.2) is 35.9 Å². The Hall–Kier alpha value is -0.870. The van der Waals surface area contributed by atoms with E-state index in [1.807, 2.05) is 18.7 Å². The van der Waals surface area contributed by atoms with Gasteiger partial charge in [-0.3, -0.25) is 0 Å². The Labute approximate surface area is 111 Å². The molecular weight excluding hydrogens is 226 g/mol. The zero-order valence-electron chi connectivity index (χ0n) is 12.3. The average Bonchev–Trinajstić information content (AvgIpc) is 2.75. The lowest BCUT2D eigenvalue weighted by molar-refractivity contribution is 0.148. The third kappa shape index (κ3) is 5.19. The van der Waals surface area contributed by atoms with Crippen molar-refractivity contribution in [3.63, 3.8) is 0 Å². The van der Waals surface area contributed by atoms with E-state index in [1.165, 1.54) is 0 Å². The van der Waals surface area contributed by atoms with Gasteiger partial charge in [0.05, 0.1) is 6.33 Å². The molecule has 0 aromatic carbocycles. The number of nitrogens with one attached hydrogen (secondary N) is 1. The van der Waals surface area contributed by atoms with Crippen molar-refractivity contribution in [3.8, 4) is 0 Å². The summed E-state index contributed by atoms with van der Waals surface area (Å²) in [4.78, 5) is 4.10. The Bertz CT molecular complexity index is 316. The van der Waals surface area contributed by atoms with E-state index in [4.69, 9.17) is 4.74 Å². The summed E-state index contributed by atoms with van der Waals surface area (Å²) in [7, 11) is 1.75. The fourth-order valence-electron chi connectivity index (χ4n) is 1.94. The van der Waals surface area contributed by atoms with Gasteiger partial charge < -0.3 is 14.6 Å². The third-order valence-electron chi connectivity index (χ3n) is 3.16. The first-order valence-electron chi connectivity index (χ1n) is 6.61. The van der Waals surface area contributed by atoms with Crippen molar-refractivity contribution in [2.45, 2.75) is 40.3 Å². The molecule has 2 unspecified atom stereocenters. The van der Waals surface area contributed by atoms with Crippen LogP contribution in [0.1, 0.15) is 27.7 Å². The number of aromatic nitrogens is 2. The van der Waals surface area contributed by atoms with E-state index in [2.05, 4.69) is 42.6 Å². The van der Waals surface area contributed by atoms with Crippen molar-refractivity contribution in [2.75, 3.05) is 20.3 Å². The number of nitrogens with zero attached hydrogens (tertiary/aromatic N) is 2. The minimum atomic E-state index is 0.219. The molecule has 1 rings (SSSR count). The summed E-state index contributed by atoms with van der Waals surface area (Å²) in [6, 6.07) is 0.422. The molecule has 0 fully saturated rings. The largest absolute Gasteiger partial charge is 0.384 e. The highest BCUT2D eigenvalue weighted by molar-refractivity contribution is 4.84. The van der Waals surface area contributed by atoms with Crippen molar-refractivity contribution in [1.82, 2.24) is 14.9 Å². The molecule has 4 nitrogen and oxygen atoms in total. The maximum atomic E-state index is 5.17. The molecule has 0 bridgehead atoms. The van der Waals surface area contributed by atoms with Crippen molar-refractivity contribution in [1.29, 1.82) is 0 Å². The van der Waals surface area contributed by atoms with E-state index < -0.39 is 0 Å². The molecule has 104 valence electrons. The average molecular weight is 253 g/mol. The summed E-state index contributed by atoms with van der Waals surface area (Å²) < 4.78 is 7.30. The van der Waals surface area contributed by atoms with E-state index in [0.717, 1.165) is 19.7 Å². The molecule has 18 heavy (non-hydrogen) atoms. The second-order valence-corrected chi connectivity index (χ2v) is 6.15. The molecule has 1 aromatic heterocycles. The van der Waals surface area contributed by atoms with Crippen LogP contribution < -0.4 is 5.32 Å². The summed E-state index contributed by atoms with van der Waals surface area (Å²) in [5.41, 5.74) is 0.219. The molecular formula is C14H27N3O. The summed E-state index contributed by atoms with van der Waals surface area (Å²) in [6.45, 7) is 11.7. The zero-order valence-corrected chi connectivity index (χ0v) is 12.3. The van der Waals surface area contributed by atoms with Gasteiger partial charge in [0.25, 0.3) is 0 Å². The van der Waals surface area contributed by atoms with Crippen LogP contribution in [-0.2, 0) is 11.3 Å². The Kier molecular flexibility index (Phi) is 5.82. The van der Waals surface area contributed by atoms with Crippen LogP contribution >= 0.6 is 0 Å². The topological polar surface area (TPSA) is 39.1 Å². The van der Waals surface area contributed by atoms with Gasteiger partial charge in [-0.15, -0.1) is 0 Å². The van der Waals surface area contributed by atoms with Crippen LogP contribution in [0.2, 0.25) is 0 Å². The van der Waals surface area contributed by atoms with Crippen LogP contribution in [0, 0.1) is 11.3 Å². The van der Waals surface area contributed by atoms with Crippen LogP contribution in [0.4, 0.5) is 0 Å². The fourth-order valence-corrected chi connectivity index (χ4v) is 1.94. The molecule has 0 amide bonds. The predicted molar refractivity (Wildman–Crippen MR) is 74.5 cm³/mol. The number of imidazole rings is 1. The Morgan fingerprint density at radius 3 is 2.61 bits per heavy atom. The van der Waals surface area contributed by atoms with Crippen molar-refractivity contribution < 1.29 is 4.74 Å². The van der Waals surface area contributed by atoms with Crippen LogP contribution in [0.25, 0.3) is 0 Å². The SMILES string of the molecule is COCC(C)CNC(Cn1ccnc1)C(C)(C)C. The Morgan fingerprint density at radius 2 is 2.11 bits per heavy atom. The van der Waals surface area contributed by atoms with E-state index >= 15 is 0 Å². The number of ether oxygens (including phenoxy) is 1. The quantitative estimate of drug-likeness (QED) is 0.809. The molecule has 0 saturated carbocycles. The third-order valence-corrected chi connectivity index (χ3v) is 3.16. The molecule has 4 heteroatoms. The van der Waals surface area contributed by atoms with E-state index in [-0.39, 0.29) is 5.41 Å². The van der Waals surface area contributed by atoms with Crippen LogP contribution in [0.5, 0.6) is 0 Å². The molecule has 0 aliphatic heterocycles. The highest BCUT2D eigenvalue weighted by Gasteiger charge is 2.24. The second-order valence-electron chi connectivity index (χ2n) is 6.15. The van der Waals surface area contributed by atoms with Crippen LogP contribution in [0.15, 0.2) is 18.7 Å². The maximum Gasteiger partial charge on any atom is 0.0946 e. The van der Waals surface area contributed by atoms with E-state index in [9.17, 15) is 0 Å². The second kappa shape index (κ2) is 6.90. The smallest absolute Gasteiger partial charge is 0.0946 e. The van der Waals surface area contributed by atoms with Gasteiger partial charge in [-0.25, -0.2) is 4.98 Å². The minimum Gasteiger partial charge on any atom is -0.384 e. The van der Waals surface area contributed by atoms with Crippen LogP contribution in [0.3, 0.4) is 0 Å². The Morgan fingerprint density at radius 1 is 1.39 bits per heavy atom. The van der Waals surface area contributed by atoms with Gasteiger partial charge in [0.2, 0.25) is 0 Å². The summed E-state index contributed by atoms with van der Waals surface area (Å²) in [5, 5.41) is 3.65. The molecule has 1 N–H and O–H groups in total. The molecule has 1 heterocycles. The first-order valence-corrected chi connectivity index (χ1v) is 6.61. The lowest BCUT2D eigenvalue weighted by Crippen LogP contribution is -2.45. The van der Waals surface area contributed by atoms with Crippen molar-refractivity contribution in [3.05, 3.63) is 18.7 Å². The number of rotatable bonds is 7. The molecule has 2 atom stereocenters. The lowest BCUT2D eigenvalue weighted by atomic mass is 9.86. The molecule has 0 aliphatic carbocycles. The monoisotopic (exact) mass is 253 g/mol. The predicted octanol–water partition coefficient (Wildman–Crippen LogP) is 2.17. The molecule has 0 radical (unpaired) electrons. The van der Waals surface area contributed by atoms with Gasteiger partial charge in [0.1, 0.15) is 0 Å². The number of hydrogen-bond donors (Lipinski definition) is 1. The van der Waals surface area contributed by atoms with Gasteiger partial charge in [0, 0.05) is 45.2 Å². The fraction of sp³-hybridized carbons (Fsp3) is 0.786. The van der Waals surface area contributed by atoms with Gasteiger partial charge in [0.15, 0.2) is 0 Å². The number of methoxy groups -OCH3 is 1. The van der Waals surface area contributed by atoms with Gasteiger partial charge in [-0.1, -0.05) is 27.7 Å². The molecule has 0 aliphatic rings. The summed E-state index contributed by atoms with van der Waals surface area (Å²) >= 11 is 0. The highest BCUT2D eigenvalue weighted by atomic mass is 16.5. The summed E-state index contributed by atoms with van der Waals surface area (Å²) in [6.07, 6.45) is 5.71. The normalized spacial score (nSPS) is 15.6. The molecule has 0 saturated heterocycles. The lowest BCUT2D eigenvalue weighted by Gasteiger charge is -2.33. The standard InChI is InChI=1S/C14H27N3O/c1-12(10-18-5)8-16-13(14(2,3)4)9-17-7-6-15-11-17/h6-7,11-13,16H,8-10H2,1-5H3. The minimum absolute atomic E-state index is 0.219. The van der Waals surface area contributed by atoms with Gasteiger partial charge >= 0.3 is 0 Å². The summed E-state index contributed by atoms with van der Waals surface area (Å²) in [5.74, 6) is 0.530. The first kappa shape index (κ1) is 15.2. The van der Waals surface area contributed by atoms with E-state index in [1.54, 1.807) is 7.11 Å². The van der Waals surface area contributed by atoms with Gasteiger partial charge in [-0.2, -0.15) is 0 Å². The van der Waals surface area contributed by atoms with Crippen molar-refractivity contribution >= 4 is 0 Å². The first-order chi connectivity index (χ1) is 8.43. The Balaban J connectivity index is 2.51. The van der Waals surface area contributed by atoms with Crippen molar-refractivity contribution in [2.24, 2.45) is 11.3 Å². The molecule has 0 spiro atoms. The van der Waals surface area contributed by atoms with Gasteiger partial charge in [-0.05, 0) is 11.3 Å². The number of hydrogen-bond acceptors (Lipinski definition) is 3. The maximum absolute atomic E-state index is 5.17. The van der Waals surface area contributed by atoms with E-state index in [0.29, 0.717) is 12.0 Å². The zero-order chi connectivity index (χ0) is 13.6.